The van der Waals surface area contributed by atoms with Crippen molar-refractivity contribution in [1.29, 1.82) is 0 Å². The molecule has 100 valence electrons. The Kier molecular flexibility index (Phi) is 5.92. The summed E-state index contributed by atoms with van der Waals surface area (Å²) in [6.07, 6.45) is 1.99. The number of amides is 1. The lowest BCUT2D eigenvalue weighted by Gasteiger charge is -2.21. The number of hydrogen-bond acceptors (Lipinski definition) is 3. The summed E-state index contributed by atoms with van der Waals surface area (Å²) in [6.45, 7) is 9.25. The van der Waals surface area contributed by atoms with Crippen molar-refractivity contribution in [2.75, 3.05) is 26.7 Å². The standard InChI is InChI=1S/C13H27N3O/c1-10(2)16(4)9-5-7-15-13(17)12-6-8-14-11(12)3/h10-12,14H,5-9H2,1-4H3,(H,15,17). The topological polar surface area (TPSA) is 44.4 Å². The molecule has 1 saturated heterocycles. The molecule has 1 aliphatic rings. The summed E-state index contributed by atoms with van der Waals surface area (Å²) in [5, 5.41) is 6.35. The third kappa shape index (κ3) is 4.64. The highest BCUT2D eigenvalue weighted by molar-refractivity contribution is 5.79. The Morgan fingerprint density at radius 3 is 2.76 bits per heavy atom. The van der Waals surface area contributed by atoms with E-state index in [2.05, 4.69) is 43.4 Å². The summed E-state index contributed by atoms with van der Waals surface area (Å²) in [5.41, 5.74) is 0. The smallest absolute Gasteiger partial charge is 0.224 e. The molecule has 4 nitrogen and oxygen atoms in total. The Bertz CT molecular complexity index is 243. The van der Waals surface area contributed by atoms with Crippen LogP contribution in [0.3, 0.4) is 0 Å². The molecule has 1 amide bonds. The molecule has 2 atom stereocenters. The lowest BCUT2D eigenvalue weighted by molar-refractivity contribution is -0.125. The molecule has 1 aliphatic heterocycles. The van der Waals surface area contributed by atoms with Gasteiger partial charge in [0.1, 0.15) is 0 Å². The Morgan fingerprint density at radius 2 is 2.24 bits per heavy atom. The fraction of sp³-hybridized carbons (Fsp3) is 0.923. The maximum absolute atomic E-state index is 11.9. The second-order valence-corrected chi connectivity index (χ2v) is 5.36. The van der Waals surface area contributed by atoms with Gasteiger partial charge in [-0.2, -0.15) is 0 Å². The first kappa shape index (κ1) is 14.5. The largest absolute Gasteiger partial charge is 0.356 e. The molecule has 0 saturated carbocycles. The van der Waals surface area contributed by atoms with Crippen molar-refractivity contribution in [2.45, 2.75) is 45.7 Å². The molecule has 0 aliphatic carbocycles. The molecule has 0 aromatic rings. The zero-order valence-corrected chi connectivity index (χ0v) is 11.6. The van der Waals surface area contributed by atoms with Gasteiger partial charge in [-0.3, -0.25) is 4.79 Å². The first-order valence-electron chi connectivity index (χ1n) is 6.73. The van der Waals surface area contributed by atoms with Gasteiger partial charge < -0.3 is 15.5 Å². The molecule has 17 heavy (non-hydrogen) atoms. The third-order valence-corrected chi connectivity index (χ3v) is 3.73. The minimum Gasteiger partial charge on any atom is -0.356 e. The zero-order chi connectivity index (χ0) is 12.8. The fourth-order valence-electron chi connectivity index (χ4n) is 2.15. The molecule has 0 bridgehead atoms. The van der Waals surface area contributed by atoms with Crippen LogP contribution in [-0.4, -0.2) is 49.6 Å². The number of nitrogens with zero attached hydrogens (tertiary/aromatic N) is 1. The van der Waals surface area contributed by atoms with Crippen molar-refractivity contribution >= 4 is 5.91 Å². The van der Waals surface area contributed by atoms with Crippen LogP contribution in [-0.2, 0) is 4.79 Å². The van der Waals surface area contributed by atoms with Gasteiger partial charge in [0.15, 0.2) is 0 Å². The Hall–Kier alpha value is -0.610. The molecule has 1 rings (SSSR count). The fourth-order valence-corrected chi connectivity index (χ4v) is 2.15. The van der Waals surface area contributed by atoms with E-state index in [9.17, 15) is 4.79 Å². The number of hydrogen-bond donors (Lipinski definition) is 2. The van der Waals surface area contributed by atoms with Crippen LogP contribution in [0.25, 0.3) is 0 Å². The summed E-state index contributed by atoms with van der Waals surface area (Å²) >= 11 is 0. The first-order chi connectivity index (χ1) is 8.02. The summed E-state index contributed by atoms with van der Waals surface area (Å²) in [7, 11) is 2.12. The van der Waals surface area contributed by atoms with E-state index in [0.29, 0.717) is 12.1 Å². The Balaban J connectivity index is 2.12. The van der Waals surface area contributed by atoms with E-state index in [0.717, 1.165) is 32.5 Å². The van der Waals surface area contributed by atoms with E-state index in [1.807, 2.05) is 0 Å². The van der Waals surface area contributed by atoms with Crippen LogP contribution in [0.15, 0.2) is 0 Å². The normalized spacial score (nSPS) is 24.6. The average Bonchev–Trinajstić information content (AvgIpc) is 2.70. The number of nitrogens with one attached hydrogen (secondary N) is 2. The van der Waals surface area contributed by atoms with Crippen LogP contribution in [0.4, 0.5) is 0 Å². The van der Waals surface area contributed by atoms with Gasteiger partial charge in [-0.1, -0.05) is 0 Å². The molecular formula is C13H27N3O. The highest BCUT2D eigenvalue weighted by atomic mass is 16.1. The number of carbonyl (C=O) groups is 1. The van der Waals surface area contributed by atoms with Gasteiger partial charge in [-0.15, -0.1) is 0 Å². The van der Waals surface area contributed by atoms with Gasteiger partial charge in [-0.05, 0) is 53.8 Å². The number of rotatable bonds is 6. The van der Waals surface area contributed by atoms with Crippen molar-refractivity contribution in [2.24, 2.45) is 5.92 Å². The average molecular weight is 241 g/mol. The first-order valence-corrected chi connectivity index (χ1v) is 6.73. The molecule has 4 heteroatoms. The predicted octanol–water partition coefficient (Wildman–Crippen LogP) is 0.831. The van der Waals surface area contributed by atoms with E-state index < -0.39 is 0 Å². The second-order valence-electron chi connectivity index (χ2n) is 5.36. The molecule has 0 aromatic carbocycles. The van der Waals surface area contributed by atoms with Crippen LogP contribution in [0.5, 0.6) is 0 Å². The van der Waals surface area contributed by atoms with Crippen LogP contribution >= 0.6 is 0 Å². The highest BCUT2D eigenvalue weighted by Crippen LogP contribution is 2.14. The molecule has 0 radical (unpaired) electrons. The van der Waals surface area contributed by atoms with Gasteiger partial charge >= 0.3 is 0 Å². The maximum atomic E-state index is 11.9. The molecule has 2 N–H and O–H groups in total. The van der Waals surface area contributed by atoms with Crippen molar-refractivity contribution < 1.29 is 4.79 Å². The van der Waals surface area contributed by atoms with Crippen LogP contribution in [0.2, 0.25) is 0 Å². The quantitative estimate of drug-likeness (QED) is 0.677. The van der Waals surface area contributed by atoms with Gasteiger partial charge in [0, 0.05) is 18.6 Å². The third-order valence-electron chi connectivity index (χ3n) is 3.73. The van der Waals surface area contributed by atoms with E-state index in [1.165, 1.54) is 0 Å². The molecule has 0 aromatic heterocycles. The number of carbonyl (C=O) groups excluding carboxylic acids is 1. The van der Waals surface area contributed by atoms with Crippen molar-refractivity contribution in [3.8, 4) is 0 Å². The minimum atomic E-state index is 0.165. The van der Waals surface area contributed by atoms with Gasteiger partial charge in [0.2, 0.25) is 5.91 Å². The van der Waals surface area contributed by atoms with Crippen molar-refractivity contribution in [3.63, 3.8) is 0 Å². The summed E-state index contributed by atoms with van der Waals surface area (Å²) in [4.78, 5) is 14.2. The van der Waals surface area contributed by atoms with Gasteiger partial charge in [0.05, 0.1) is 5.92 Å². The van der Waals surface area contributed by atoms with Crippen molar-refractivity contribution in [1.82, 2.24) is 15.5 Å². The summed E-state index contributed by atoms with van der Waals surface area (Å²) < 4.78 is 0. The Morgan fingerprint density at radius 1 is 1.53 bits per heavy atom. The Labute approximate surface area is 105 Å². The van der Waals surface area contributed by atoms with E-state index >= 15 is 0 Å². The molecular weight excluding hydrogens is 214 g/mol. The second kappa shape index (κ2) is 6.97. The van der Waals surface area contributed by atoms with Crippen LogP contribution in [0.1, 0.15) is 33.6 Å². The SMILES string of the molecule is CC1NCCC1C(=O)NCCCN(C)C(C)C. The van der Waals surface area contributed by atoms with Gasteiger partial charge in [-0.25, -0.2) is 0 Å². The van der Waals surface area contributed by atoms with E-state index in [-0.39, 0.29) is 11.8 Å². The van der Waals surface area contributed by atoms with E-state index in [4.69, 9.17) is 0 Å². The van der Waals surface area contributed by atoms with Crippen LogP contribution < -0.4 is 10.6 Å². The predicted molar refractivity (Wildman–Crippen MR) is 71.0 cm³/mol. The highest BCUT2D eigenvalue weighted by Gasteiger charge is 2.28. The monoisotopic (exact) mass is 241 g/mol. The molecule has 1 heterocycles. The maximum Gasteiger partial charge on any atom is 0.224 e. The minimum absolute atomic E-state index is 0.165. The lowest BCUT2D eigenvalue weighted by Crippen LogP contribution is -2.38. The van der Waals surface area contributed by atoms with Gasteiger partial charge in [0.25, 0.3) is 0 Å². The van der Waals surface area contributed by atoms with Crippen LogP contribution in [0, 0.1) is 5.92 Å². The molecule has 1 fully saturated rings. The summed E-state index contributed by atoms with van der Waals surface area (Å²) in [6, 6.07) is 0.901. The molecule has 0 spiro atoms. The summed E-state index contributed by atoms with van der Waals surface area (Å²) in [5.74, 6) is 0.382. The lowest BCUT2D eigenvalue weighted by atomic mass is 10.0. The molecule has 2 unspecified atom stereocenters. The van der Waals surface area contributed by atoms with E-state index in [1.54, 1.807) is 0 Å². The zero-order valence-electron chi connectivity index (χ0n) is 11.6. The van der Waals surface area contributed by atoms with Crippen molar-refractivity contribution in [3.05, 3.63) is 0 Å².